The maximum absolute atomic E-state index is 12.3. The molecule has 0 atom stereocenters. The summed E-state index contributed by atoms with van der Waals surface area (Å²) in [5.74, 6) is 0.285. The van der Waals surface area contributed by atoms with Gasteiger partial charge < -0.3 is 9.84 Å². The Hall–Kier alpha value is -1.99. The zero-order valence-electron chi connectivity index (χ0n) is 12.2. The molecule has 0 bridgehead atoms. The molecule has 0 amide bonds. The van der Waals surface area contributed by atoms with E-state index in [0.29, 0.717) is 29.4 Å². The van der Waals surface area contributed by atoms with Crippen molar-refractivity contribution in [3.8, 4) is 5.75 Å². The quantitative estimate of drug-likeness (QED) is 0.859. The lowest BCUT2D eigenvalue weighted by molar-refractivity contribution is 0.0932. The molecular formula is C15H13ClN2O4S. The number of benzene rings is 1. The van der Waals surface area contributed by atoms with Gasteiger partial charge in [0.25, 0.3) is 5.56 Å². The molecule has 8 heteroatoms. The molecule has 1 N–H and O–H groups in total. The monoisotopic (exact) mass is 352 g/mol. The van der Waals surface area contributed by atoms with E-state index in [9.17, 15) is 14.4 Å². The van der Waals surface area contributed by atoms with E-state index >= 15 is 0 Å². The number of ether oxygens (including phenoxy) is 1. The minimum atomic E-state index is -0.404. The Morgan fingerprint density at radius 2 is 2.22 bits per heavy atom. The number of aryl methyl sites for hydroxylation is 1. The molecule has 1 aromatic heterocycles. The van der Waals surface area contributed by atoms with E-state index in [1.165, 1.54) is 10.9 Å². The average Bonchev–Trinajstić information content (AvgIpc) is 2.89. The molecule has 2 aromatic rings. The molecule has 0 unspecified atom stereocenters. The topological polar surface area (TPSA) is 81.2 Å². The maximum atomic E-state index is 12.3. The highest BCUT2D eigenvalue weighted by atomic mass is 35.5. The number of aromatic amines is 1. The third-order valence-electron chi connectivity index (χ3n) is 3.48. The summed E-state index contributed by atoms with van der Waals surface area (Å²) in [5.41, 5.74) is 0.0702. The number of aromatic nitrogens is 2. The highest BCUT2D eigenvalue weighted by molar-refractivity contribution is 8.14. The molecule has 0 radical (unpaired) electrons. The first-order valence-electron chi connectivity index (χ1n) is 7.01. The van der Waals surface area contributed by atoms with Gasteiger partial charge in [-0.2, -0.15) is 0 Å². The Balaban J connectivity index is 1.91. The van der Waals surface area contributed by atoms with Crippen LogP contribution in [0.5, 0.6) is 5.75 Å². The molecular weight excluding hydrogens is 340 g/mol. The number of nitrogens with zero attached hydrogens (tertiary/aromatic N) is 1. The molecule has 23 heavy (non-hydrogen) atoms. The Labute approximate surface area is 140 Å². The van der Waals surface area contributed by atoms with Gasteiger partial charge in [-0.1, -0.05) is 11.6 Å². The van der Waals surface area contributed by atoms with Crippen molar-refractivity contribution in [1.29, 1.82) is 0 Å². The Bertz CT molecular complexity index is 856. The molecule has 2 heterocycles. The third-order valence-corrected chi connectivity index (χ3v) is 4.64. The van der Waals surface area contributed by atoms with Crippen molar-refractivity contribution in [2.24, 2.45) is 0 Å². The Kier molecular flexibility index (Phi) is 4.32. The lowest BCUT2D eigenvalue weighted by Crippen LogP contribution is -2.19. The van der Waals surface area contributed by atoms with E-state index in [2.05, 4.69) is 5.10 Å². The maximum Gasteiger partial charge on any atom is 0.278 e. The predicted molar refractivity (Wildman–Crippen MR) is 86.8 cm³/mol. The first kappa shape index (κ1) is 15.9. The molecule has 0 fully saturated rings. The number of thioether (sulfide) groups is 1. The third kappa shape index (κ3) is 2.94. The predicted octanol–water partition coefficient (Wildman–Crippen LogP) is 2.75. The van der Waals surface area contributed by atoms with Crippen LogP contribution in [0.2, 0.25) is 5.02 Å². The van der Waals surface area contributed by atoms with Gasteiger partial charge >= 0.3 is 0 Å². The van der Waals surface area contributed by atoms with E-state index in [-0.39, 0.29) is 28.3 Å². The van der Waals surface area contributed by atoms with Crippen molar-refractivity contribution in [2.75, 3.05) is 6.61 Å². The van der Waals surface area contributed by atoms with E-state index < -0.39 is 5.12 Å². The summed E-state index contributed by atoms with van der Waals surface area (Å²) in [6, 6.07) is 3.14. The summed E-state index contributed by atoms with van der Waals surface area (Å²) < 4.78 is 6.74. The molecule has 1 aliphatic rings. The standard InChI is InChI=1S/C15H13ClN2O4S/c1-2-18-14(20)10(7-17-18)15(21)23-8-5-9-12(19)3-4-22-13(9)11(16)6-8/h5-7,17H,2-4H2,1H3. The van der Waals surface area contributed by atoms with Gasteiger partial charge in [-0.05, 0) is 30.8 Å². The Morgan fingerprint density at radius 1 is 1.43 bits per heavy atom. The van der Waals surface area contributed by atoms with Gasteiger partial charge in [-0.15, -0.1) is 0 Å². The lowest BCUT2D eigenvalue weighted by atomic mass is 10.1. The first-order valence-corrected chi connectivity index (χ1v) is 8.20. The highest BCUT2D eigenvalue weighted by Crippen LogP contribution is 2.37. The van der Waals surface area contributed by atoms with Crippen LogP contribution in [-0.2, 0) is 6.54 Å². The number of hydrogen-bond donors (Lipinski definition) is 1. The Morgan fingerprint density at radius 3 is 2.91 bits per heavy atom. The molecule has 0 saturated carbocycles. The second-order valence-electron chi connectivity index (χ2n) is 4.93. The number of H-pyrrole nitrogens is 1. The molecule has 0 spiro atoms. The van der Waals surface area contributed by atoms with Crippen LogP contribution >= 0.6 is 23.4 Å². The number of fused-ring (bicyclic) bond motifs is 1. The molecule has 6 nitrogen and oxygen atoms in total. The van der Waals surface area contributed by atoms with Crippen LogP contribution in [-0.4, -0.2) is 27.3 Å². The minimum absolute atomic E-state index is 0.0632. The largest absolute Gasteiger partial charge is 0.491 e. The van der Waals surface area contributed by atoms with E-state index in [0.717, 1.165) is 11.8 Å². The van der Waals surface area contributed by atoms with Crippen LogP contribution in [0.15, 0.2) is 28.0 Å². The van der Waals surface area contributed by atoms with Gasteiger partial charge in [0, 0.05) is 24.1 Å². The fraction of sp³-hybridized carbons (Fsp3) is 0.267. The van der Waals surface area contributed by atoms with Crippen LogP contribution in [0.25, 0.3) is 0 Å². The van der Waals surface area contributed by atoms with Crippen LogP contribution in [0.4, 0.5) is 0 Å². The van der Waals surface area contributed by atoms with E-state index in [1.54, 1.807) is 19.1 Å². The second kappa shape index (κ2) is 6.25. The van der Waals surface area contributed by atoms with E-state index in [4.69, 9.17) is 16.3 Å². The normalized spacial score (nSPS) is 13.6. The summed E-state index contributed by atoms with van der Waals surface area (Å²) in [5, 5.41) is 2.61. The van der Waals surface area contributed by atoms with Crippen molar-refractivity contribution in [1.82, 2.24) is 9.78 Å². The zero-order chi connectivity index (χ0) is 16.6. The number of hydrogen-bond acceptors (Lipinski definition) is 5. The van der Waals surface area contributed by atoms with Crippen LogP contribution in [0, 0.1) is 0 Å². The zero-order valence-corrected chi connectivity index (χ0v) is 13.8. The van der Waals surface area contributed by atoms with Crippen molar-refractivity contribution in [2.45, 2.75) is 24.8 Å². The van der Waals surface area contributed by atoms with Gasteiger partial charge in [0.1, 0.15) is 11.3 Å². The van der Waals surface area contributed by atoms with E-state index in [1.807, 2.05) is 0 Å². The first-order chi connectivity index (χ1) is 11.0. The van der Waals surface area contributed by atoms with Crippen LogP contribution < -0.4 is 10.3 Å². The van der Waals surface area contributed by atoms with Gasteiger partial charge in [0.2, 0.25) is 5.12 Å². The summed E-state index contributed by atoms with van der Waals surface area (Å²) in [6.45, 7) is 2.55. The van der Waals surface area contributed by atoms with Gasteiger partial charge in [0.15, 0.2) is 5.78 Å². The number of nitrogens with one attached hydrogen (secondary N) is 1. The molecule has 1 aliphatic heterocycles. The summed E-state index contributed by atoms with van der Waals surface area (Å²) in [4.78, 5) is 36.7. The number of carbonyl (C=O) groups excluding carboxylic acids is 2. The molecule has 0 aliphatic carbocycles. The van der Waals surface area contributed by atoms with Gasteiger partial charge in [-0.3, -0.25) is 19.1 Å². The van der Waals surface area contributed by atoms with Crippen LogP contribution in [0.3, 0.4) is 0 Å². The van der Waals surface area contributed by atoms with Crippen molar-refractivity contribution >= 4 is 34.3 Å². The van der Waals surface area contributed by atoms with Crippen molar-refractivity contribution in [3.05, 3.63) is 44.8 Å². The fourth-order valence-corrected chi connectivity index (χ4v) is 3.48. The summed E-state index contributed by atoms with van der Waals surface area (Å²) in [7, 11) is 0. The van der Waals surface area contributed by atoms with Gasteiger partial charge in [0.05, 0.1) is 17.2 Å². The number of halogens is 1. The van der Waals surface area contributed by atoms with Crippen molar-refractivity contribution in [3.63, 3.8) is 0 Å². The SMILES string of the molecule is CCn1[nH]cc(C(=O)Sc2cc(Cl)c3c(c2)C(=O)CCO3)c1=O. The summed E-state index contributed by atoms with van der Waals surface area (Å²) in [6.07, 6.45) is 1.67. The number of Topliss-reactive ketones (excluding diaryl/α,β-unsaturated/α-hetero) is 1. The van der Waals surface area contributed by atoms with Crippen LogP contribution in [0.1, 0.15) is 34.1 Å². The fourth-order valence-electron chi connectivity index (χ4n) is 2.31. The molecule has 120 valence electrons. The average molecular weight is 353 g/mol. The second-order valence-corrected chi connectivity index (χ2v) is 6.38. The molecule has 3 rings (SSSR count). The molecule has 0 saturated heterocycles. The molecule has 1 aromatic carbocycles. The lowest BCUT2D eigenvalue weighted by Gasteiger charge is -2.18. The van der Waals surface area contributed by atoms with Gasteiger partial charge in [-0.25, -0.2) is 0 Å². The smallest absolute Gasteiger partial charge is 0.278 e. The number of rotatable bonds is 3. The summed E-state index contributed by atoms with van der Waals surface area (Å²) >= 11 is 6.99. The number of carbonyl (C=O) groups is 2. The minimum Gasteiger partial charge on any atom is -0.491 e. The number of ketones is 1. The highest BCUT2D eigenvalue weighted by Gasteiger charge is 2.23. The van der Waals surface area contributed by atoms with Crippen molar-refractivity contribution < 1.29 is 14.3 Å².